The number of ether oxygens (including phenoxy) is 1. The van der Waals surface area contributed by atoms with Crippen molar-refractivity contribution in [3.63, 3.8) is 0 Å². The van der Waals surface area contributed by atoms with Gasteiger partial charge in [0.2, 0.25) is 6.10 Å². The van der Waals surface area contributed by atoms with Gasteiger partial charge >= 0.3 is 5.92 Å². The maximum atomic E-state index is 13.1. The topological polar surface area (TPSA) is 102 Å². The number of methoxy groups -OCH3 is 1. The summed E-state index contributed by atoms with van der Waals surface area (Å²) in [5, 5.41) is 21.9. The van der Waals surface area contributed by atoms with E-state index in [2.05, 4.69) is 6.58 Å². The maximum absolute atomic E-state index is 13.1. The van der Waals surface area contributed by atoms with Crippen molar-refractivity contribution in [1.29, 1.82) is 0 Å². The number of anilines is 1. The lowest BCUT2D eigenvalue weighted by Gasteiger charge is -2.18. The number of hydrogen-bond donors (Lipinski definition) is 2. The first kappa shape index (κ1) is 16.5. The summed E-state index contributed by atoms with van der Waals surface area (Å²) in [5.74, 6) is -5.20. The summed E-state index contributed by atoms with van der Waals surface area (Å²) in [4.78, 5) is 21.5. The highest BCUT2D eigenvalue weighted by Gasteiger charge is 2.40. The van der Waals surface area contributed by atoms with Gasteiger partial charge in [0.25, 0.3) is 11.6 Å². The quantitative estimate of drug-likeness (QED) is 0.473. The number of nitrogens with zero attached hydrogens (tertiary/aromatic N) is 1. The van der Waals surface area contributed by atoms with E-state index in [0.717, 1.165) is 12.1 Å². The molecule has 21 heavy (non-hydrogen) atoms. The molecule has 0 radical (unpaired) electrons. The Labute approximate surface area is 118 Å². The largest absolute Gasteiger partial charge is 0.497 e. The number of nitrogens with one attached hydrogen (secondary N) is 1. The average Bonchev–Trinajstić information content (AvgIpc) is 2.45. The van der Waals surface area contributed by atoms with Gasteiger partial charge in [0.15, 0.2) is 0 Å². The Morgan fingerprint density at radius 3 is 2.71 bits per heavy atom. The predicted octanol–water partition coefficient (Wildman–Crippen LogP) is 1.72. The Kier molecular flexibility index (Phi) is 4.93. The number of halogens is 2. The average molecular weight is 302 g/mol. The lowest BCUT2D eigenvalue weighted by Crippen LogP contribution is -2.41. The van der Waals surface area contributed by atoms with Gasteiger partial charge in [-0.05, 0) is 12.1 Å². The highest BCUT2D eigenvalue weighted by atomic mass is 19.3. The Balaban J connectivity index is 3.09. The smallest absolute Gasteiger partial charge is 0.300 e. The van der Waals surface area contributed by atoms with E-state index in [9.17, 15) is 28.8 Å². The van der Waals surface area contributed by atoms with Crippen LogP contribution in [0.4, 0.5) is 20.2 Å². The standard InChI is InChI=1S/C12H12F2N2O5/c1-3-12(13,14)10(17)11(18)15-8-6-7(21-2)4-5-9(8)16(19)20/h3-6,10,17H,1H2,2H3,(H,15,18). The van der Waals surface area contributed by atoms with Gasteiger partial charge < -0.3 is 15.2 Å². The molecular formula is C12H12F2N2O5. The normalized spacial score (nSPS) is 12.4. The minimum absolute atomic E-state index is 0.108. The molecule has 1 rings (SSSR count). The number of nitro groups is 1. The Morgan fingerprint density at radius 2 is 2.24 bits per heavy atom. The molecule has 7 nitrogen and oxygen atoms in total. The van der Waals surface area contributed by atoms with Gasteiger partial charge in [-0.25, -0.2) is 0 Å². The van der Waals surface area contributed by atoms with Crippen LogP contribution in [0, 0.1) is 10.1 Å². The summed E-state index contributed by atoms with van der Waals surface area (Å²) in [6, 6.07) is 3.38. The van der Waals surface area contributed by atoms with Gasteiger partial charge in [-0.2, -0.15) is 8.78 Å². The minimum Gasteiger partial charge on any atom is -0.497 e. The zero-order valence-electron chi connectivity index (χ0n) is 10.9. The number of amides is 1. The molecule has 0 heterocycles. The lowest BCUT2D eigenvalue weighted by molar-refractivity contribution is -0.384. The molecule has 2 N–H and O–H groups in total. The van der Waals surface area contributed by atoms with Crippen LogP contribution in [0.3, 0.4) is 0 Å². The van der Waals surface area contributed by atoms with Crippen molar-refractivity contribution in [2.75, 3.05) is 12.4 Å². The van der Waals surface area contributed by atoms with Crippen LogP contribution in [0.1, 0.15) is 0 Å². The van der Waals surface area contributed by atoms with Gasteiger partial charge in [-0.15, -0.1) is 0 Å². The summed E-state index contributed by atoms with van der Waals surface area (Å²) in [6.45, 7) is 2.80. The molecule has 0 saturated heterocycles. The zero-order valence-corrected chi connectivity index (χ0v) is 10.9. The van der Waals surface area contributed by atoms with E-state index in [1.807, 2.05) is 5.32 Å². The first-order valence-electron chi connectivity index (χ1n) is 5.55. The van der Waals surface area contributed by atoms with Gasteiger partial charge in [0.05, 0.1) is 12.0 Å². The highest BCUT2D eigenvalue weighted by molar-refractivity contribution is 5.97. The molecule has 1 atom stereocenters. The number of carbonyl (C=O) groups excluding carboxylic acids is 1. The van der Waals surface area contributed by atoms with Crippen molar-refractivity contribution in [2.24, 2.45) is 0 Å². The molecule has 0 aliphatic rings. The molecule has 1 aromatic rings. The molecule has 1 unspecified atom stereocenters. The van der Waals surface area contributed by atoms with E-state index in [-0.39, 0.29) is 17.5 Å². The third kappa shape index (κ3) is 3.72. The molecule has 1 aromatic carbocycles. The van der Waals surface area contributed by atoms with E-state index >= 15 is 0 Å². The van der Waals surface area contributed by atoms with Crippen LogP contribution in [0.2, 0.25) is 0 Å². The van der Waals surface area contributed by atoms with Crippen LogP contribution in [0.15, 0.2) is 30.9 Å². The molecule has 0 fully saturated rings. The molecule has 0 bridgehead atoms. The number of aliphatic hydroxyl groups is 1. The van der Waals surface area contributed by atoms with Crippen molar-refractivity contribution in [3.05, 3.63) is 41.0 Å². The number of carbonyl (C=O) groups is 1. The predicted molar refractivity (Wildman–Crippen MR) is 69.4 cm³/mol. The van der Waals surface area contributed by atoms with E-state index < -0.39 is 28.5 Å². The molecule has 0 spiro atoms. The fraction of sp³-hybridized carbons (Fsp3) is 0.250. The number of aliphatic hydroxyl groups excluding tert-OH is 1. The van der Waals surface area contributed by atoms with Crippen LogP contribution in [-0.4, -0.2) is 35.1 Å². The third-order valence-corrected chi connectivity index (χ3v) is 2.54. The van der Waals surface area contributed by atoms with Gasteiger partial charge in [-0.3, -0.25) is 14.9 Å². The van der Waals surface area contributed by atoms with Crippen LogP contribution in [0.5, 0.6) is 5.75 Å². The number of rotatable bonds is 6. The van der Waals surface area contributed by atoms with Gasteiger partial charge in [-0.1, -0.05) is 6.58 Å². The fourth-order valence-corrected chi connectivity index (χ4v) is 1.39. The summed E-state index contributed by atoms with van der Waals surface area (Å²) in [7, 11) is 1.29. The van der Waals surface area contributed by atoms with Gasteiger partial charge in [0.1, 0.15) is 11.4 Å². The Hall–Kier alpha value is -2.55. The summed E-state index contributed by atoms with van der Waals surface area (Å²) >= 11 is 0. The molecule has 0 saturated carbocycles. The monoisotopic (exact) mass is 302 g/mol. The number of nitro benzene ring substituents is 1. The van der Waals surface area contributed by atoms with Crippen molar-refractivity contribution in [2.45, 2.75) is 12.0 Å². The zero-order chi connectivity index (χ0) is 16.2. The van der Waals surface area contributed by atoms with Crippen molar-refractivity contribution in [3.8, 4) is 5.75 Å². The summed E-state index contributed by atoms with van der Waals surface area (Å²) in [5.41, 5.74) is -0.901. The molecule has 0 aliphatic heterocycles. The van der Waals surface area contributed by atoms with Gasteiger partial charge in [0, 0.05) is 12.1 Å². The SMILES string of the molecule is C=CC(F)(F)C(O)C(=O)Nc1cc(OC)ccc1[N+](=O)[O-]. The maximum Gasteiger partial charge on any atom is 0.300 e. The van der Waals surface area contributed by atoms with Crippen LogP contribution >= 0.6 is 0 Å². The van der Waals surface area contributed by atoms with E-state index in [0.29, 0.717) is 0 Å². The fourth-order valence-electron chi connectivity index (χ4n) is 1.39. The molecule has 0 aliphatic carbocycles. The van der Waals surface area contributed by atoms with Crippen molar-refractivity contribution >= 4 is 17.3 Å². The lowest BCUT2D eigenvalue weighted by atomic mass is 10.1. The number of benzene rings is 1. The van der Waals surface area contributed by atoms with Crippen molar-refractivity contribution in [1.82, 2.24) is 0 Å². The second kappa shape index (κ2) is 6.27. The molecular weight excluding hydrogens is 290 g/mol. The Morgan fingerprint density at radius 1 is 1.62 bits per heavy atom. The molecule has 0 aromatic heterocycles. The number of alkyl halides is 2. The van der Waals surface area contributed by atoms with Crippen LogP contribution in [-0.2, 0) is 4.79 Å². The van der Waals surface area contributed by atoms with E-state index in [1.165, 1.54) is 13.2 Å². The van der Waals surface area contributed by atoms with Crippen LogP contribution < -0.4 is 10.1 Å². The first-order chi connectivity index (χ1) is 9.72. The molecule has 114 valence electrons. The highest BCUT2D eigenvalue weighted by Crippen LogP contribution is 2.30. The van der Waals surface area contributed by atoms with E-state index in [4.69, 9.17) is 4.74 Å². The van der Waals surface area contributed by atoms with Crippen LogP contribution in [0.25, 0.3) is 0 Å². The second-order valence-corrected chi connectivity index (χ2v) is 3.91. The third-order valence-electron chi connectivity index (χ3n) is 2.54. The first-order valence-corrected chi connectivity index (χ1v) is 5.55. The number of hydrogen-bond acceptors (Lipinski definition) is 5. The van der Waals surface area contributed by atoms with Crippen molar-refractivity contribution < 1.29 is 28.3 Å². The molecule has 9 heteroatoms. The minimum atomic E-state index is -3.86. The Bertz CT molecular complexity index is 577. The molecule has 1 amide bonds. The summed E-state index contributed by atoms with van der Waals surface area (Å²) < 4.78 is 31.1. The van der Waals surface area contributed by atoms with E-state index in [1.54, 1.807) is 0 Å². The second-order valence-electron chi connectivity index (χ2n) is 3.91. The summed E-state index contributed by atoms with van der Waals surface area (Å²) in [6.07, 6.45) is -2.61.